The first-order valence-electron chi connectivity index (χ1n) is 49.0. The van der Waals surface area contributed by atoms with E-state index in [1.807, 2.05) is 66.7 Å². The molecule has 19 aromatic carbocycles. The Bertz CT molecular complexity index is 8620. The monoisotopic (exact) mass is 1940 g/mol. The number of benzene rings is 19. The van der Waals surface area contributed by atoms with Gasteiger partial charge >= 0.3 is 0 Å². The van der Waals surface area contributed by atoms with Crippen LogP contribution in [0.3, 0.4) is 0 Å². The molecule has 0 atom stereocenters. The molecule has 143 heavy (non-hydrogen) atoms. The predicted molar refractivity (Wildman–Crippen MR) is 596 cm³/mol. The van der Waals surface area contributed by atoms with E-state index in [1.165, 1.54) is 133 Å². The molecule has 0 fully saturated rings. The summed E-state index contributed by atoms with van der Waals surface area (Å²) in [5.74, 6) is 8.91. The zero-order valence-corrected chi connectivity index (χ0v) is 83.3. The number of hydrogen-bond donors (Lipinski definition) is 4. The molecule has 23 aromatic rings. The lowest BCUT2D eigenvalue weighted by Gasteiger charge is -2.14. The van der Waals surface area contributed by atoms with Crippen molar-refractivity contribution in [1.82, 2.24) is 59.8 Å². The molecule has 4 aromatic heterocycles. The highest BCUT2D eigenvalue weighted by atomic mass is 32.2. The van der Waals surface area contributed by atoms with Gasteiger partial charge < -0.3 is 25.2 Å². The number of hydrogen-bond acceptors (Lipinski definition) is 21. The molecule has 0 amide bonds. The number of phenolic OH excluding ortho intramolecular Hbond substituents is 4. The van der Waals surface area contributed by atoms with E-state index in [9.17, 15) is 20.4 Å². The number of fused-ring (bicyclic) bond motifs is 13. The minimum Gasteiger partial charge on any atom is -0.507 e. The van der Waals surface area contributed by atoms with Crippen LogP contribution in [0, 0.1) is 0 Å². The number of unbranched alkanes of at least 4 members (excludes halogenated alkanes) is 9. The van der Waals surface area contributed by atoms with Crippen LogP contribution in [0.15, 0.2) is 354 Å². The summed E-state index contributed by atoms with van der Waals surface area (Å²) in [5.41, 5.74) is 6.19. The molecule has 706 valence electrons. The Hall–Kier alpha value is -15.3. The SMILES string of the molecule is CCCCCCCCCCCCOc1ccc(-c2nc(SCC)nc(-c3cc4c5ccccc5ccc4c4ccccc34)n2)c(O)c1.CCSc1nc(-c2ccccc2O)nc(-c2cc3c4ccccc4ccc3c3ccccc23)n1.CCSc1nc(-c2ccccc2O)nc(-c2cc3ccccc3c3ccccc23)n1.CCSc1nc(-c2ccccc2O)nc(-c2ccc3ccc4cccc5ccc2c3c45)n1. The maximum absolute atomic E-state index is 11.1. The first-order chi connectivity index (χ1) is 70.3. The number of rotatable bonds is 28. The molecule has 0 aliphatic heterocycles. The number of nitrogens with zero attached hydrogens (tertiary/aromatic N) is 12. The molecule has 0 radical (unpaired) electrons. The molecule has 23 rings (SSSR count). The third kappa shape index (κ3) is 20.7. The molecule has 0 aliphatic carbocycles. The van der Waals surface area contributed by atoms with Gasteiger partial charge in [0, 0.05) is 28.3 Å². The average molecular weight is 1950 g/mol. The van der Waals surface area contributed by atoms with Crippen LogP contribution < -0.4 is 4.74 Å². The number of ether oxygens (including phenoxy) is 1. The molecule has 0 spiro atoms. The Labute approximate surface area is 846 Å². The molecular formula is C122H104N12O5S4. The van der Waals surface area contributed by atoms with E-state index < -0.39 is 0 Å². The first-order valence-corrected chi connectivity index (χ1v) is 52.9. The fourth-order valence-corrected chi connectivity index (χ4v) is 21.2. The second-order valence-electron chi connectivity index (χ2n) is 34.9. The fourth-order valence-electron chi connectivity index (χ4n) is 19.0. The number of aromatic hydroxyl groups is 4. The largest absolute Gasteiger partial charge is 0.507 e. The van der Waals surface area contributed by atoms with Gasteiger partial charge in [0.15, 0.2) is 67.2 Å². The minimum atomic E-state index is 0.101. The van der Waals surface area contributed by atoms with Gasteiger partial charge in [-0.25, -0.2) is 59.8 Å². The average Bonchev–Trinajstić information content (AvgIpc) is 0.748. The highest BCUT2D eigenvalue weighted by molar-refractivity contribution is 7.99. The second kappa shape index (κ2) is 44.3. The summed E-state index contributed by atoms with van der Waals surface area (Å²) >= 11 is 6.27. The van der Waals surface area contributed by atoms with E-state index in [4.69, 9.17) is 49.6 Å². The van der Waals surface area contributed by atoms with E-state index in [0.717, 1.165) is 94.8 Å². The molecule has 0 bridgehead atoms. The quantitative estimate of drug-likeness (QED) is 0.0202. The molecule has 0 saturated carbocycles. The maximum atomic E-state index is 11.1. The number of aromatic nitrogens is 12. The normalized spacial score (nSPS) is 11.5. The van der Waals surface area contributed by atoms with E-state index in [2.05, 4.69) is 274 Å². The number of para-hydroxylation sites is 3. The second-order valence-corrected chi connectivity index (χ2v) is 39.8. The Morgan fingerprint density at radius 2 is 0.483 bits per heavy atom. The minimum absolute atomic E-state index is 0.101. The van der Waals surface area contributed by atoms with Gasteiger partial charge in [-0.1, -0.05) is 394 Å². The molecule has 17 nitrogen and oxygen atoms in total. The molecule has 4 N–H and O–H groups in total. The predicted octanol–water partition coefficient (Wildman–Crippen LogP) is 32.5. The van der Waals surface area contributed by atoms with E-state index in [1.54, 1.807) is 89.5 Å². The third-order valence-electron chi connectivity index (χ3n) is 25.8. The van der Waals surface area contributed by atoms with Crippen LogP contribution in [-0.4, -0.2) is 110 Å². The van der Waals surface area contributed by atoms with E-state index in [-0.39, 0.29) is 23.0 Å². The third-order valence-corrected chi connectivity index (χ3v) is 28.7. The van der Waals surface area contributed by atoms with Crippen molar-refractivity contribution < 1.29 is 25.2 Å². The van der Waals surface area contributed by atoms with Crippen molar-refractivity contribution in [3.63, 3.8) is 0 Å². The Kier molecular flexibility index (Phi) is 29.5. The Morgan fingerprint density at radius 3 is 0.895 bits per heavy atom. The lowest BCUT2D eigenvalue weighted by atomic mass is 9.92. The van der Waals surface area contributed by atoms with Crippen LogP contribution in [0.1, 0.15) is 98.8 Å². The van der Waals surface area contributed by atoms with E-state index >= 15 is 0 Å². The molecule has 0 unspecified atom stereocenters. The first kappa shape index (κ1) is 95.3. The van der Waals surface area contributed by atoms with Gasteiger partial charge in [0.25, 0.3) is 0 Å². The standard InChI is InChI=1S/C41H45N3O2S.C29H21N3OS.C27H19N3OS.C25H19N3OS/c1-3-5-6-7-8-9-10-11-12-17-26-46-30-23-25-35(38(45)27-30)39-42-40(44-41(43-39)47-4-2)37-28-36-31-19-14-13-18-29(31)22-24-34(36)32-20-15-16-21-33(32)37;1-2-34-29-31-27(23-13-7-8-14-26(23)33)30-28(32-29)25-17-24-19-10-4-3-9-18(19)15-16-22(24)20-11-5-6-12-21(20)25;1-2-32-27-29-25(28-26(30-27)21-8-3-4-9-22(21)31)20-15-13-18-11-10-16-6-5-7-17-12-14-19(20)24(18)23(16)17;1-2-30-25-27-23(20-13-7-8-14-22(20)29)26-24(28-25)21-15-16-9-3-4-10-17(16)18-11-5-6-12-19(18)21/h13-16,18-25,27-28,45H,3-12,17,26H2,1-2H3;3-17,33H,2H2,1H3;3-15,31H,2H2,1H3;3-15,29H,2H2,1H3. The van der Waals surface area contributed by atoms with Gasteiger partial charge in [0.05, 0.1) is 28.9 Å². The molecular weight excluding hydrogens is 1840 g/mol. The van der Waals surface area contributed by atoms with Crippen LogP contribution in [0.2, 0.25) is 0 Å². The highest BCUT2D eigenvalue weighted by Gasteiger charge is 2.25. The summed E-state index contributed by atoms with van der Waals surface area (Å²) in [7, 11) is 0. The topological polar surface area (TPSA) is 245 Å². The van der Waals surface area contributed by atoms with Gasteiger partial charge in [-0.15, -0.1) is 0 Å². The van der Waals surface area contributed by atoms with Gasteiger partial charge in [-0.3, -0.25) is 0 Å². The summed E-state index contributed by atoms with van der Waals surface area (Å²) in [6, 6.07) is 112. The summed E-state index contributed by atoms with van der Waals surface area (Å²) in [4.78, 5) is 57.4. The van der Waals surface area contributed by atoms with Crippen molar-refractivity contribution in [2.24, 2.45) is 0 Å². The number of phenols is 4. The van der Waals surface area contributed by atoms with E-state index in [0.29, 0.717) is 102 Å². The molecule has 0 saturated heterocycles. The Balaban J connectivity index is 0.000000118. The van der Waals surface area contributed by atoms with Crippen LogP contribution in [-0.2, 0) is 0 Å². The maximum Gasteiger partial charge on any atom is 0.191 e. The van der Waals surface area contributed by atoms with Crippen molar-refractivity contribution >= 4 is 166 Å². The van der Waals surface area contributed by atoms with Gasteiger partial charge in [0.2, 0.25) is 0 Å². The van der Waals surface area contributed by atoms with Crippen molar-refractivity contribution in [2.75, 3.05) is 29.6 Å². The fraction of sp³-hybridized carbons (Fsp3) is 0.164. The van der Waals surface area contributed by atoms with Gasteiger partial charge in [-0.05, 0) is 221 Å². The Morgan fingerprint density at radius 1 is 0.196 bits per heavy atom. The molecule has 4 heterocycles. The smallest absolute Gasteiger partial charge is 0.191 e. The lowest BCUT2D eigenvalue weighted by Crippen LogP contribution is -2.01. The number of thioether (sulfide) groups is 4. The zero-order chi connectivity index (χ0) is 97.7. The van der Waals surface area contributed by atoms with Crippen LogP contribution in [0.5, 0.6) is 28.7 Å². The summed E-state index contributed by atoms with van der Waals surface area (Å²) in [5, 5.41) is 70.8. The van der Waals surface area contributed by atoms with Gasteiger partial charge in [-0.2, -0.15) is 0 Å². The zero-order valence-electron chi connectivity index (χ0n) is 80.1. The summed E-state index contributed by atoms with van der Waals surface area (Å²) in [6.07, 6.45) is 12.9. The van der Waals surface area contributed by atoms with Crippen molar-refractivity contribution in [2.45, 2.75) is 119 Å². The van der Waals surface area contributed by atoms with Crippen LogP contribution >= 0.6 is 47.0 Å². The lowest BCUT2D eigenvalue weighted by molar-refractivity contribution is 0.302. The molecule has 21 heteroatoms. The molecule has 0 aliphatic rings. The highest BCUT2D eigenvalue weighted by Crippen LogP contribution is 2.46. The van der Waals surface area contributed by atoms with Crippen molar-refractivity contribution in [1.29, 1.82) is 0 Å². The van der Waals surface area contributed by atoms with Crippen molar-refractivity contribution in [3.8, 4) is 120 Å². The van der Waals surface area contributed by atoms with Gasteiger partial charge in [0.1, 0.15) is 28.7 Å². The van der Waals surface area contributed by atoms with Crippen molar-refractivity contribution in [3.05, 3.63) is 334 Å². The summed E-state index contributed by atoms with van der Waals surface area (Å²) in [6.45, 7) is 11.2. The summed E-state index contributed by atoms with van der Waals surface area (Å²) < 4.78 is 6.01. The van der Waals surface area contributed by atoms with Crippen LogP contribution in [0.4, 0.5) is 0 Å². The van der Waals surface area contributed by atoms with Crippen LogP contribution in [0.25, 0.3) is 210 Å².